The van der Waals surface area contributed by atoms with Crippen LogP contribution >= 0.6 is 11.3 Å². The Bertz CT molecular complexity index is 1080. The Kier molecular flexibility index (Phi) is 4.59. The van der Waals surface area contributed by atoms with E-state index < -0.39 is 18.3 Å². The standard InChI is InChI=1S/C20H16F3N3O2S/c1-12-5-7-13(8-6-12)16-10-19(28,20(21,22)23)26(25-16)18-24-17(11-29-18)14-3-2-4-15(27)9-14/h2-9,11,27-28H,10H2,1H3/t19-/m1/s1. The summed E-state index contributed by atoms with van der Waals surface area (Å²) in [6.45, 7) is 1.87. The van der Waals surface area contributed by atoms with Crippen molar-refractivity contribution in [1.29, 1.82) is 0 Å². The molecule has 2 aromatic carbocycles. The van der Waals surface area contributed by atoms with Gasteiger partial charge in [0.15, 0.2) is 0 Å². The van der Waals surface area contributed by atoms with Gasteiger partial charge in [0.05, 0.1) is 17.8 Å². The van der Waals surface area contributed by atoms with Gasteiger partial charge in [0.2, 0.25) is 5.13 Å². The molecule has 150 valence electrons. The Morgan fingerprint density at radius 3 is 2.48 bits per heavy atom. The monoisotopic (exact) mass is 419 g/mol. The van der Waals surface area contributed by atoms with Crippen LogP contribution in [-0.2, 0) is 0 Å². The lowest BCUT2D eigenvalue weighted by molar-refractivity contribution is -0.254. The predicted molar refractivity (Wildman–Crippen MR) is 105 cm³/mol. The average molecular weight is 419 g/mol. The first-order valence-electron chi connectivity index (χ1n) is 8.66. The molecular weight excluding hydrogens is 403 g/mol. The molecule has 0 amide bonds. The molecule has 1 aromatic heterocycles. The molecule has 2 heterocycles. The summed E-state index contributed by atoms with van der Waals surface area (Å²) < 4.78 is 41.4. The number of aromatic nitrogens is 1. The van der Waals surface area contributed by atoms with Crippen molar-refractivity contribution >= 4 is 22.2 Å². The van der Waals surface area contributed by atoms with Gasteiger partial charge >= 0.3 is 6.18 Å². The number of rotatable bonds is 3. The topological polar surface area (TPSA) is 69.0 Å². The molecule has 1 aliphatic heterocycles. The van der Waals surface area contributed by atoms with Crippen LogP contribution in [-0.4, -0.2) is 32.8 Å². The van der Waals surface area contributed by atoms with Gasteiger partial charge < -0.3 is 10.2 Å². The molecule has 0 saturated carbocycles. The van der Waals surface area contributed by atoms with Gasteiger partial charge in [0, 0.05) is 10.9 Å². The number of thiazole rings is 1. The molecule has 0 fully saturated rings. The molecule has 5 nitrogen and oxygen atoms in total. The van der Waals surface area contributed by atoms with Crippen LogP contribution in [0.3, 0.4) is 0 Å². The largest absolute Gasteiger partial charge is 0.508 e. The number of aryl methyl sites for hydroxylation is 1. The van der Waals surface area contributed by atoms with Crippen LogP contribution in [0, 0.1) is 6.92 Å². The summed E-state index contributed by atoms with van der Waals surface area (Å²) in [5.74, 6) is 0.0182. The van der Waals surface area contributed by atoms with Crippen LogP contribution in [0.4, 0.5) is 18.3 Å². The Labute approximate surface area is 168 Å². The molecule has 29 heavy (non-hydrogen) atoms. The van der Waals surface area contributed by atoms with Crippen LogP contribution in [0.5, 0.6) is 5.75 Å². The minimum absolute atomic E-state index is 0.0182. The lowest BCUT2D eigenvalue weighted by Gasteiger charge is -2.32. The highest BCUT2D eigenvalue weighted by atomic mass is 32.1. The second kappa shape index (κ2) is 6.85. The molecular formula is C20H16F3N3O2S. The first-order valence-corrected chi connectivity index (χ1v) is 9.54. The smallest absolute Gasteiger partial charge is 0.438 e. The van der Waals surface area contributed by atoms with Gasteiger partial charge in [-0.25, -0.2) is 4.98 Å². The Balaban J connectivity index is 1.75. The van der Waals surface area contributed by atoms with Gasteiger partial charge in [-0.1, -0.05) is 42.0 Å². The maximum Gasteiger partial charge on any atom is 0.438 e. The second-order valence-corrected chi connectivity index (χ2v) is 7.62. The third-order valence-electron chi connectivity index (χ3n) is 4.64. The second-order valence-electron chi connectivity index (χ2n) is 6.78. The number of benzene rings is 2. The third-order valence-corrected chi connectivity index (χ3v) is 5.46. The molecule has 1 atom stereocenters. The quantitative estimate of drug-likeness (QED) is 0.646. The van der Waals surface area contributed by atoms with E-state index in [9.17, 15) is 23.4 Å². The van der Waals surface area contributed by atoms with Crippen LogP contribution in [0.15, 0.2) is 59.0 Å². The van der Waals surface area contributed by atoms with E-state index in [0.717, 1.165) is 16.9 Å². The van der Waals surface area contributed by atoms with Gasteiger partial charge in [0.25, 0.3) is 5.72 Å². The van der Waals surface area contributed by atoms with E-state index in [0.29, 0.717) is 21.8 Å². The fourth-order valence-electron chi connectivity index (χ4n) is 3.03. The highest BCUT2D eigenvalue weighted by molar-refractivity contribution is 7.14. The molecule has 0 aliphatic carbocycles. The number of phenolic OH excluding ortho intramolecular Hbond substituents is 1. The summed E-state index contributed by atoms with van der Waals surface area (Å²) in [5, 5.41) is 26.3. The van der Waals surface area contributed by atoms with Gasteiger partial charge in [-0.3, -0.25) is 0 Å². The Hall–Kier alpha value is -2.91. The minimum Gasteiger partial charge on any atom is -0.508 e. The summed E-state index contributed by atoms with van der Waals surface area (Å²) in [4.78, 5) is 4.22. The van der Waals surface area contributed by atoms with E-state index in [4.69, 9.17) is 0 Å². The van der Waals surface area contributed by atoms with E-state index in [2.05, 4.69) is 10.1 Å². The van der Waals surface area contributed by atoms with Crippen molar-refractivity contribution < 1.29 is 23.4 Å². The van der Waals surface area contributed by atoms with Crippen molar-refractivity contribution in [2.45, 2.75) is 25.2 Å². The normalized spacial score (nSPS) is 19.5. The SMILES string of the molecule is Cc1ccc(C2=NN(c3nc(-c4cccc(O)c4)cs3)[C@](O)(C(F)(F)F)C2)cc1. The highest BCUT2D eigenvalue weighted by Crippen LogP contribution is 2.45. The van der Waals surface area contributed by atoms with E-state index in [1.807, 2.05) is 6.92 Å². The van der Waals surface area contributed by atoms with E-state index >= 15 is 0 Å². The Morgan fingerprint density at radius 2 is 1.83 bits per heavy atom. The molecule has 9 heteroatoms. The van der Waals surface area contributed by atoms with E-state index in [-0.39, 0.29) is 16.6 Å². The molecule has 1 aliphatic rings. The van der Waals surface area contributed by atoms with Gasteiger partial charge in [-0.2, -0.15) is 23.3 Å². The maximum absolute atomic E-state index is 13.8. The molecule has 3 aromatic rings. The summed E-state index contributed by atoms with van der Waals surface area (Å²) in [6.07, 6.45) is -5.65. The number of halogens is 3. The number of phenols is 1. The van der Waals surface area contributed by atoms with Crippen molar-refractivity contribution in [3.8, 4) is 17.0 Å². The summed E-state index contributed by atoms with van der Waals surface area (Å²) in [7, 11) is 0. The number of hydrogen-bond donors (Lipinski definition) is 2. The summed E-state index contributed by atoms with van der Waals surface area (Å²) in [6, 6.07) is 13.1. The molecule has 2 N–H and O–H groups in total. The van der Waals surface area contributed by atoms with Crippen molar-refractivity contribution in [2.24, 2.45) is 5.10 Å². The number of anilines is 1. The van der Waals surface area contributed by atoms with Crippen LogP contribution in [0.25, 0.3) is 11.3 Å². The molecule has 0 spiro atoms. The number of nitrogens with zero attached hydrogens (tertiary/aromatic N) is 3. The molecule has 0 unspecified atom stereocenters. The van der Waals surface area contributed by atoms with Crippen LogP contribution in [0.1, 0.15) is 17.5 Å². The van der Waals surface area contributed by atoms with Crippen LogP contribution < -0.4 is 5.01 Å². The number of alkyl halides is 3. The van der Waals surface area contributed by atoms with Crippen molar-refractivity contribution in [3.63, 3.8) is 0 Å². The molecule has 0 radical (unpaired) electrons. The zero-order chi connectivity index (χ0) is 20.8. The van der Waals surface area contributed by atoms with Crippen molar-refractivity contribution in [3.05, 3.63) is 65.0 Å². The average Bonchev–Trinajstić information content (AvgIpc) is 3.27. The van der Waals surface area contributed by atoms with Crippen molar-refractivity contribution in [1.82, 2.24) is 4.98 Å². The third kappa shape index (κ3) is 3.47. The molecule has 0 bridgehead atoms. The van der Waals surface area contributed by atoms with Crippen LogP contribution in [0.2, 0.25) is 0 Å². The lowest BCUT2D eigenvalue weighted by atomic mass is 10.0. The van der Waals surface area contributed by atoms with E-state index in [1.54, 1.807) is 41.8 Å². The number of hydrogen-bond acceptors (Lipinski definition) is 6. The molecule has 0 saturated heterocycles. The van der Waals surface area contributed by atoms with Gasteiger partial charge in [0.1, 0.15) is 5.75 Å². The van der Waals surface area contributed by atoms with E-state index in [1.165, 1.54) is 12.1 Å². The van der Waals surface area contributed by atoms with Gasteiger partial charge in [-0.15, -0.1) is 11.3 Å². The Morgan fingerprint density at radius 1 is 1.10 bits per heavy atom. The first kappa shape index (κ1) is 19.4. The number of aliphatic hydroxyl groups is 1. The number of aromatic hydroxyl groups is 1. The lowest BCUT2D eigenvalue weighted by Crippen LogP contribution is -2.55. The van der Waals surface area contributed by atoms with Crippen molar-refractivity contribution in [2.75, 3.05) is 5.01 Å². The highest BCUT2D eigenvalue weighted by Gasteiger charge is 2.62. The fourth-order valence-corrected chi connectivity index (χ4v) is 3.88. The predicted octanol–water partition coefficient (Wildman–Crippen LogP) is 4.69. The zero-order valence-corrected chi connectivity index (χ0v) is 16.0. The summed E-state index contributed by atoms with van der Waals surface area (Å²) in [5.41, 5.74) is -0.675. The molecule has 4 rings (SSSR count). The first-order chi connectivity index (χ1) is 13.7. The summed E-state index contributed by atoms with van der Waals surface area (Å²) >= 11 is 0.932. The minimum atomic E-state index is -4.94. The maximum atomic E-state index is 13.8. The fraction of sp³-hybridized carbons (Fsp3) is 0.200. The number of hydrazone groups is 1. The zero-order valence-electron chi connectivity index (χ0n) is 15.2. The van der Waals surface area contributed by atoms with Gasteiger partial charge in [-0.05, 0) is 24.6 Å².